The molecule has 25 heavy (non-hydrogen) atoms. The molecule has 0 saturated carbocycles. The lowest BCUT2D eigenvalue weighted by Gasteiger charge is -2.19. The zero-order valence-corrected chi connectivity index (χ0v) is 13.9. The monoisotopic (exact) mass is 346 g/mol. The smallest absolute Gasteiger partial charge is 0.412 e. The summed E-state index contributed by atoms with van der Waals surface area (Å²) < 4.78 is 33.5. The van der Waals surface area contributed by atoms with E-state index in [0.717, 1.165) is 12.1 Å². The minimum Gasteiger partial charge on any atom is -0.444 e. The van der Waals surface area contributed by atoms with Crippen LogP contribution < -0.4 is 5.32 Å². The first-order chi connectivity index (χ1) is 11.7. The van der Waals surface area contributed by atoms with Crippen molar-refractivity contribution in [2.24, 2.45) is 5.11 Å². The van der Waals surface area contributed by atoms with Crippen molar-refractivity contribution in [2.45, 2.75) is 26.4 Å². The number of ether oxygens (including phenoxy) is 1. The van der Waals surface area contributed by atoms with E-state index in [1.54, 1.807) is 32.9 Å². The summed E-state index contributed by atoms with van der Waals surface area (Å²) in [6.07, 6.45) is -0.677. The number of carbonyl (C=O) groups excluding carboxylic acids is 1. The first kappa shape index (κ1) is 18.2. The molecule has 0 atom stereocenters. The predicted molar refractivity (Wildman–Crippen MR) is 90.5 cm³/mol. The Morgan fingerprint density at radius 3 is 2.40 bits per heavy atom. The van der Waals surface area contributed by atoms with Gasteiger partial charge >= 0.3 is 6.09 Å². The summed E-state index contributed by atoms with van der Waals surface area (Å²) in [7, 11) is 0. The number of nitrogens with one attached hydrogen (secondary N) is 1. The number of halogens is 2. The maximum absolute atomic E-state index is 14.2. The van der Waals surface area contributed by atoms with Crippen LogP contribution in [0.5, 0.6) is 0 Å². The fraction of sp³-hybridized carbons (Fsp3) is 0.235. The van der Waals surface area contributed by atoms with Crippen molar-refractivity contribution in [3.05, 3.63) is 58.5 Å². The summed E-state index contributed by atoms with van der Waals surface area (Å²) in [5, 5.41) is 5.69. The minimum absolute atomic E-state index is 0.163. The fourth-order valence-electron chi connectivity index (χ4n) is 2.12. The molecule has 0 aliphatic carbocycles. The highest BCUT2D eigenvalue weighted by atomic mass is 19.1. The van der Waals surface area contributed by atoms with Crippen LogP contribution >= 0.6 is 0 Å². The van der Waals surface area contributed by atoms with E-state index in [2.05, 4.69) is 15.3 Å². The number of rotatable bonds is 3. The van der Waals surface area contributed by atoms with Gasteiger partial charge in [-0.2, -0.15) is 0 Å². The molecule has 0 aromatic heterocycles. The first-order valence-corrected chi connectivity index (χ1v) is 7.34. The molecule has 0 aliphatic heterocycles. The topological polar surface area (TPSA) is 87.1 Å². The third kappa shape index (κ3) is 4.92. The van der Waals surface area contributed by atoms with E-state index in [-0.39, 0.29) is 16.8 Å². The number of benzene rings is 2. The molecule has 8 heteroatoms. The van der Waals surface area contributed by atoms with E-state index in [0.29, 0.717) is 5.69 Å². The van der Waals surface area contributed by atoms with Gasteiger partial charge in [0.1, 0.15) is 17.2 Å². The molecule has 1 amide bonds. The van der Waals surface area contributed by atoms with Gasteiger partial charge in [0.15, 0.2) is 0 Å². The number of azide groups is 1. The Labute approximate surface area is 143 Å². The van der Waals surface area contributed by atoms with Gasteiger partial charge in [-0.25, -0.2) is 13.6 Å². The van der Waals surface area contributed by atoms with Gasteiger partial charge < -0.3 is 4.74 Å². The van der Waals surface area contributed by atoms with Gasteiger partial charge in [-0.15, -0.1) is 0 Å². The van der Waals surface area contributed by atoms with Gasteiger partial charge in [-0.3, -0.25) is 5.32 Å². The molecule has 0 spiro atoms. The zero-order chi connectivity index (χ0) is 18.6. The third-order valence-electron chi connectivity index (χ3n) is 2.98. The van der Waals surface area contributed by atoms with Gasteiger partial charge in [0.05, 0.1) is 5.56 Å². The quantitative estimate of drug-likeness (QED) is 0.425. The normalized spacial score (nSPS) is 10.8. The van der Waals surface area contributed by atoms with Gasteiger partial charge in [-0.1, -0.05) is 17.2 Å². The maximum atomic E-state index is 14.2. The SMILES string of the molecule is CC(C)(C)OC(=O)Nc1cccc(-c2c(F)cc(N=[N+]=[N-])cc2F)c1. The van der Waals surface area contributed by atoms with Crippen LogP contribution in [-0.4, -0.2) is 11.7 Å². The second-order valence-electron chi connectivity index (χ2n) is 6.18. The average Bonchev–Trinajstić information content (AvgIpc) is 2.45. The standard InChI is InChI=1S/C17H16F2N4O2/c1-17(2,3)25-16(24)21-11-6-4-5-10(7-11)15-13(18)8-12(22-23-20)9-14(15)19/h4-9H,1-3H3,(H,21,24). The lowest BCUT2D eigenvalue weighted by Crippen LogP contribution is -2.27. The van der Waals surface area contributed by atoms with Crippen LogP contribution in [0.25, 0.3) is 21.6 Å². The number of nitrogens with zero attached hydrogens (tertiary/aromatic N) is 3. The molecule has 0 unspecified atom stereocenters. The van der Waals surface area contributed by atoms with Crippen LogP contribution in [0, 0.1) is 11.6 Å². The average molecular weight is 346 g/mol. The molecule has 0 radical (unpaired) electrons. The van der Waals surface area contributed by atoms with E-state index >= 15 is 0 Å². The summed E-state index contributed by atoms with van der Waals surface area (Å²) in [5.41, 5.74) is 7.77. The third-order valence-corrected chi connectivity index (χ3v) is 2.98. The molecule has 2 rings (SSSR count). The number of hydrogen-bond acceptors (Lipinski definition) is 3. The second kappa shape index (κ2) is 7.19. The van der Waals surface area contributed by atoms with Crippen molar-refractivity contribution in [2.75, 3.05) is 5.32 Å². The van der Waals surface area contributed by atoms with Gasteiger partial charge in [0.2, 0.25) is 0 Å². The minimum atomic E-state index is -0.878. The molecule has 1 N–H and O–H groups in total. The van der Waals surface area contributed by atoms with Crippen molar-refractivity contribution in [1.29, 1.82) is 0 Å². The van der Waals surface area contributed by atoms with Crippen LogP contribution in [0.4, 0.5) is 25.0 Å². The summed E-state index contributed by atoms with van der Waals surface area (Å²) in [4.78, 5) is 14.3. The summed E-state index contributed by atoms with van der Waals surface area (Å²) in [5.74, 6) is -1.76. The molecule has 2 aromatic rings. The van der Waals surface area contributed by atoms with Crippen LogP contribution in [-0.2, 0) is 4.74 Å². The highest BCUT2D eigenvalue weighted by Crippen LogP contribution is 2.31. The van der Waals surface area contributed by atoms with Crippen LogP contribution in [0.15, 0.2) is 41.5 Å². The second-order valence-corrected chi connectivity index (χ2v) is 6.18. The number of hydrogen-bond donors (Lipinski definition) is 1. The first-order valence-electron chi connectivity index (χ1n) is 7.34. The molecule has 0 heterocycles. The van der Waals surface area contributed by atoms with Crippen LogP contribution in [0.2, 0.25) is 0 Å². The van der Waals surface area contributed by atoms with E-state index < -0.39 is 23.3 Å². The molecule has 0 fully saturated rings. The Balaban J connectivity index is 2.33. The van der Waals surface area contributed by atoms with Crippen molar-refractivity contribution in [3.8, 4) is 11.1 Å². The lowest BCUT2D eigenvalue weighted by atomic mass is 10.0. The van der Waals surface area contributed by atoms with Gasteiger partial charge in [-0.05, 0) is 56.1 Å². The Morgan fingerprint density at radius 1 is 1.20 bits per heavy atom. The maximum Gasteiger partial charge on any atom is 0.412 e. The molecule has 0 bridgehead atoms. The van der Waals surface area contributed by atoms with E-state index in [1.165, 1.54) is 12.1 Å². The molecule has 2 aromatic carbocycles. The van der Waals surface area contributed by atoms with E-state index in [9.17, 15) is 13.6 Å². The molecular weight excluding hydrogens is 330 g/mol. The van der Waals surface area contributed by atoms with E-state index in [4.69, 9.17) is 10.3 Å². The van der Waals surface area contributed by atoms with E-state index in [1.807, 2.05) is 0 Å². The molecule has 6 nitrogen and oxygen atoms in total. The van der Waals surface area contributed by atoms with Crippen LogP contribution in [0.3, 0.4) is 0 Å². The lowest BCUT2D eigenvalue weighted by molar-refractivity contribution is 0.0636. The fourth-order valence-corrected chi connectivity index (χ4v) is 2.12. The van der Waals surface area contributed by atoms with Crippen molar-refractivity contribution >= 4 is 17.5 Å². The van der Waals surface area contributed by atoms with Crippen molar-refractivity contribution < 1.29 is 18.3 Å². The number of anilines is 1. The molecule has 0 aliphatic rings. The van der Waals surface area contributed by atoms with Crippen molar-refractivity contribution in [3.63, 3.8) is 0 Å². The van der Waals surface area contributed by atoms with Crippen LogP contribution in [0.1, 0.15) is 20.8 Å². The van der Waals surface area contributed by atoms with Crippen molar-refractivity contribution in [1.82, 2.24) is 0 Å². The zero-order valence-electron chi connectivity index (χ0n) is 13.9. The Bertz CT molecular complexity index is 833. The summed E-state index contributed by atoms with van der Waals surface area (Å²) in [6, 6.07) is 7.89. The Hall–Kier alpha value is -3.12. The molecule has 130 valence electrons. The molecule has 0 saturated heterocycles. The summed E-state index contributed by atoms with van der Waals surface area (Å²) in [6.45, 7) is 5.16. The number of amides is 1. The Morgan fingerprint density at radius 2 is 1.84 bits per heavy atom. The highest BCUT2D eigenvalue weighted by molar-refractivity contribution is 5.86. The largest absolute Gasteiger partial charge is 0.444 e. The van der Waals surface area contributed by atoms with Gasteiger partial charge in [0.25, 0.3) is 0 Å². The molecular formula is C17H16F2N4O2. The number of carbonyl (C=O) groups is 1. The predicted octanol–water partition coefficient (Wildman–Crippen LogP) is 5.92. The summed E-state index contributed by atoms with van der Waals surface area (Å²) >= 11 is 0. The Kier molecular flexibility index (Phi) is 5.24. The highest BCUT2D eigenvalue weighted by Gasteiger charge is 2.17. The van der Waals surface area contributed by atoms with Gasteiger partial charge in [0, 0.05) is 16.3 Å².